The molecule has 0 amide bonds. The van der Waals surface area contributed by atoms with Gasteiger partial charge in [0, 0.05) is 16.0 Å². The normalized spacial score (nSPS) is 10.9. The molecule has 0 aliphatic rings. The molecule has 0 unspecified atom stereocenters. The summed E-state index contributed by atoms with van der Waals surface area (Å²) in [6, 6.07) is 15.3. The van der Waals surface area contributed by atoms with Gasteiger partial charge in [-0.2, -0.15) is 5.10 Å². The van der Waals surface area contributed by atoms with Crippen molar-refractivity contribution in [2.45, 2.75) is 0 Å². The first-order chi connectivity index (χ1) is 11.3. The zero-order valence-electron chi connectivity index (χ0n) is 12.4. The molecule has 0 fully saturated rings. The van der Waals surface area contributed by atoms with E-state index in [-0.39, 0.29) is 0 Å². The van der Waals surface area contributed by atoms with Gasteiger partial charge in [0.05, 0.1) is 19.0 Å². The molecule has 0 saturated heterocycles. The smallest absolute Gasteiger partial charge is 0.203 e. The molecule has 6 heteroatoms. The molecule has 3 rings (SSSR count). The van der Waals surface area contributed by atoms with Crippen molar-refractivity contribution in [2.24, 2.45) is 5.10 Å². The number of benzene rings is 2. The van der Waals surface area contributed by atoms with Gasteiger partial charge in [-0.3, -0.25) is 5.43 Å². The Hall–Kier alpha value is -2.37. The lowest BCUT2D eigenvalue weighted by Gasteiger charge is -2.06. The number of rotatable bonds is 5. The number of ether oxygens (including phenoxy) is 1. The first-order valence-electron chi connectivity index (χ1n) is 6.90. The molecule has 0 saturated carbocycles. The van der Waals surface area contributed by atoms with Gasteiger partial charge in [-0.1, -0.05) is 41.9 Å². The fourth-order valence-corrected chi connectivity index (χ4v) is 2.86. The Labute approximate surface area is 143 Å². The van der Waals surface area contributed by atoms with E-state index >= 15 is 0 Å². The zero-order chi connectivity index (χ0) is 16.1. The van der Waals surface area contributed by atoms with Crippen LogP contribution in [0.25, 0.3) is 11.3 Å². The number of nitrogens with one attached hydrogen (secondary N) is 1. The van der Waals surface area contributed by atoms with E-state index in [2.05, 4.69) is 15.5 Å². The third-order valence-corrected chi connectivity index (χ3v) is 4.10. The fraction of sp³-hybridized carbons (Fsp3) is 0.0588. The minimum atomic E-state index is 0.644. The van der Waals surface area contributed by atoms with E-state index in [1.807, 2.05) is 47.8 Å². The van der Waals surface area contributed by atoms with Crippen LogP contribution in [0.1, 0.15) is 5.56 Å². The predicted octanol–water partition coefficient (Wildman–Crippen LogP) is 4.92. The number of methoxy groups -OCH3 is 1. The summed E-state index contributed by atoms with van der Waals surface area (Å²) in [6.07, 6.45) is 1.75. The highest BCUT2D eigenvalue weighted by Crippen LogP contribution is 2.34. The number of anilines is 1. The Balaban J connectivity index is 1.76. The number of thiazole rings is 1. The van der Waals surface area contributed by atoms with Crippen LogP contribution in [0.3, 0.4) is 0 Å². The number of hydrogen-bond donors (Lipinski definition) is 1. The summed E-state index contributed by atoms with van der Waals surface area (Å²) in [4.78, 5) is 4.52. The lowest BCUT2D eigenvalue weighted by molar-refractivity contribution is 0.416. The van der Waals surface area contributed by atoms with E-state index in [4.69, 9.17) is 16.3 Å². The van der Waals surface area contributed by atoms with E-state index in [9.17, 15) is 0 Å². The minimum absolute atomic E-state index is 0.644. The topological polar surface area (TPSA) is 46.5 Å². The second kappa shape index (κ2) is 7.26. The van der Waals surface area contributed by atoms with Crippen LogP contribution in [0.5, 0.6) is 5.75 Å². The first kappa shape index (κ1) is 15.5. The Morgan fingerprint density at radius 1 is 1.22 bits per heavy atom. The molecule has 4 nitrogen and oxygen atoms in total. The molecule has 0 radical (unpaired) electrons. The monoisotopic (exact) mass is 343 g/mol. The van der Waals surface area contributed by atoms with Gasteiger partial charge in [-0.15, -0.1) is 11.3 Å². The Kier molecular flexibility index (Phi) is 4.90. The van der Waals surface area contributed by atoms with Crippen LogP contribution in [0.4, 0.5) is 5.13 Å². The molecule has 1 heterocycles. The van der Waals surface area contributed by atoms with E-state index < -0.39 is 0 Å². The maximum absolute atomic E-state index is 6.06. The summed E-state index contributed by atoms with van der Waals surface area (Å²) in [7, 11) is 1.63. The maximum atomic E-state index is 6.06. The van der Waals surface area contributed by atoms with Crippen LogP contribution in [-0.4, -0.2) is 18.3 Å². The second-order valence-corrected chi connectivity index (χ2v) is 5.96. The lowest BCUT2D eigenvalue weighted by Crippen LogP contribution is -1.91. The highest BCUT2D eigenvalue weighted by Gasteiger charge is 2.10. The number of aromatic nitrogens is 1. The van der Waals surface area contributed by atoms with Gasteiger partial charge in [0.1, 0.15) is 5.75 Å². The Morgan fingerprint density at radius 3 is 2.83 bits per heavy atom. The van der Waals surface area contributed by atoms with Crippen LogP contribution in [0.15, 0.2) is 59.0 Å². The molecule has 0 atom stereocenters. The quantitative estimate of drug-likeness (QED) is 0.528. The van der Waals surface area contributed by atoms with E-state index in [1.54, 1.807) is 19.4 Å². The van der Waals surface area contributed by atoms with Crippen molar-refractivity contribution in [3.8, 4) is 17.0 Å². The Morgan fingerprint density at radius 2 is 2.04 bits per heavy atom. The van der Waals surface area contributed by atoms with E-state index in [1.165, 1.54) is 11.3 Å². The lowest BCUT2D eigenvalue weighted by atomic mass is 10.1. The van der Waals surface area contributed by atoms with Crippen LogP contribution < -0.4 is 10.2 Å². The van der Waals surface area contributed by atoms with Crippen molar-refractivity contribution in [1.29, 1.82) is 0 Å². The summed E-state index contributed by atoms with van der Waals surface area (Å²) < 4.78 is 5.36. The van der Waals surface area contributed by atoms with Gasteiger partial charge in [-0.25, -0.2) is 4.98 Å². The molecular weight excluding hydrogens is 330 g/mol. The van der Waals surface area contributed by atoms with Gasteiger partial charge in [0.15, 0.2) is 0 Å². The van der Waals surface area contributed by atoms with Crippen LogP contribution in [-0.2, 0) is 0 Å². The fourth-order valence-electron chi connectivity index (χ4n) is 2.03. The molecule has 2 aromatic carbocycles. The molecule has 116 valence electrons. The van der Waals surface area contributed by atoms with Crippen molar-refractivity contribution in [3.63, 3.8) is 0 Å². The van der Waals surface area contributed by atoms with Gasteiger partial charge in [0.2, 0.25) is 5.13 Å². The van der Waals surface area contributed by atoms with E-state index in [0.29, 0.717) is 10.2 Å². The van der Waals surface area contributed by atoms with Gasteiger partial charge in [0.25, 0.3) is 0 Å². The molecule has 3 aromatic rings. The second-order valence-electron chi connectivity index (χ2n) is 4.66. The molecule has 0 bridgehead atoms. The number of halogens is 1. The highest BCUT2D eigenvalue weighted by molar-refractivity contribution is 7.14. The average Bonchev–Trinajstić information content (AvgIpc) is 3.04. The summed E-state index contributed by atoms with van der Waals surface area (Å²) in [5.41, 5.74) is 5.62. The first-order valence-corrected chi connectivity index (χ1v) is 8.15. The van der Waals surface area contributed by atoms with Crippen LogP contribution in [0, 0.1) is 0 Å². The van der Waals surface area contributed by atoms with Crippen molar-refractivity contribution in [2.75, 3.05) is 12.5 Å². The molecule has 0 aliphatic carbocycles. The summed E-state index contributed by atoms with van der Waals surface area (Å²) >= 11 is 7.53. The molecule has 0 aliphatic heterocycles. The van der Waals surface area contributed by atoms with Crippen molar-refractivity contribution >= 4 is 34.3 Å². The van der Waals surface area contributed by atoms with Crippen molar-refractivity contribution < 1.29 is 4.74 Å². The average molecular weight is 344 g/mol. The summed E-state index contributed by atoms with van der Waals surface area (Å²) in [6.45, 7) is 0. The van der Waals surface area contributed by atoms with Crippen molar-refractivity contribution in [3.05, 3.63) is 64.5 Å². The third kappa shape index (κ3) is 3.88. The number of hydrogen-bond acceptors (Lipinski definition) is 5. The maximum Gasteiger partial charge on any atom is 0.203 e. The van der Waals surface area contributed by atoms with Gasteiger partial charge >= 0.3 is 0 Å². The molecule has 1 N–H and O–H groups in total. The Bertz CT molecular complexity index is 818. The van der Waals surface area contributed by atoms with Gasteiger partial charge < -0.3 is 4.74 Å². The van der Waals surface area contributed by atoms with Crippen LogP contribution >= 0.6 is 22.9 Å². The zero-order valence-corrected chi connectivity index (χ0v) is 13.9. The molecular formula is C17H14ClN3OS. The minimum Gasteiger partial charge on any atom is -0.496 e. The predicted molar refractivity (Wildman–Crippen MR) is 96.8 cm³/mol. The standard InChI is InChI=1S/C17H14ClN3OS/c1-22-16-8-7-13(18)9-14(16)15-11-23-17(20-15)21-19-10-12-5-3-2-4-6-12/h2-11H,1H3,(H,20,21)/b19-10+. The van der Waals surface area contributed by atoms with Crippen LogP contribution in [0.2, 0.25) is 5.02 Å². The molecule has 23 heavy (non-hydrogen) atoms. The number of hydrazone groups is 1. The summed E-state index contributed by atoms with van der Waals surface area (Å²) in [5, 5.41) is 7.48. The van der Waals surface area contributed by atoms with Gasteiger partial charge in [-0.05, 0) is 23.8 Å². The number of nitrogens with zero attached hydrogens (tertiary/aromatic N) is 2. The molecule has 0 spiro atoms. The highest BCUT2D eigenvalue weighted by atomic mass is 35.5. The van der Waals surface area contributed by atoms with E-state index in [0.717, 1.165) is 22.6 Å². The molecule has 1 aromatic heterocycles. The third-order valence-electron chi connectivity index (χ3n) is 3.12. The summed E-state index contributed by atoms with van der Waals surface area (Å²) in [5.74, 6) is 0.735. The largest absolute Gasteiger partial charge is 0.496 e. The van der Waals surface area contributed by atoms with Crippen molar-refractivity contribution in [1.82, 2.24) is 4.98 Å². The SMILES string of the molecule is COc1ccc(Cl)cc1-c1csc(N/N=C/c2ccccc2)n1.